The molecular formula is C13H18FN3. The molecule has 1 aromatic carbocycles. The minimum atomic E-state index is -0.280. The lowest BCUT2D eigenvalue weighted by Gasteiger charge is -2.26. The molecule has 0 saturated carbocycles. The minimum Gasteiger partial charge on any atom is -0.384 e. The summed E-state index contributed by atoms with van der Waals surface area (Å²) in [6.07, 6.45) is 3.28. The van der Waals surface area contributed by atoms with Crippen LogP contribution in [0.2, 0.25) is 0 Å². The standard InChI is InChI=1S/C13H18FN3/c1-2-10-4-3-7-17(10)12-6-5-9(13(15)16)8-11(12)14/h5-6,8,10H,2-4,7H2,1H3,(H3,15,16). The Labute approximate surface area is 101 Å². The molecule has 0 spiro atoms. The van der Waals surface area contributed by atoms with Crippen LogP contribution in [0.25, 0.3) is 0 Å². The van der Waals surface area contributed by atoms with Gasteiger partial charge in [-0.3, -0.25) is 5.41 Å². The Morgan fingerprint density at radius 2 is 2.35 bits per heavy atom. The van der Waals surface area contributed by atoms with Crippen LogP contribution < -0.4 is 10.6 Å². The molecule has 1 unspecified atom stereocenters. The maximum absolute atomic E-state index is 14.0. The molecule has 1 aromatic rings. The Morgan fingerprint density at radius 3 is 2.94 bits per heavy atom. The lowest BCUT2D eigenvalue weighted by atomic mass is 10.1. The Hall–Kier alpha value is -1.58. The summed E-state index contributed by atoms with van der Waals surface area (Å²) in [4.78, 5) is 2.12. The summed E-state index contributed by atoms with van der Waals surface area (Å²) >= 11 is 0. The van der Waals surface area contributed by atoms with Crippen LogP contribution in [-0.4, -0.2) is 18.4 Å². The van der Waals surface area contributed by atoms with Crippen LogP contribution >= 0.6 is 0 Å². The van der Waals surface area contributed by atoms with Gasteiger partial charge < -0.3 is 10.6 Å². The van der Waals surface area contributed by atoms with Crippen molar-refractivity contribution >= 4 is 11.5 Å². The van der Waals surface area contributed by atoms with Gasteiger partial charge in [0.15, 0.2) is 0 Å². The largest absolute Gasteiger partial charge is 0.384 e. The molecule has 1 aliphatic heterocycles. The second kappa shape index (κ2) is 4.73. The molecule has 2 rings (SSSR count). The van der Waals surface area contributed by atoms with Gasteiger partial charge in [0.1, 0.15) is 11.7 Å². The number of nitrogens with two attached hydrogens (primary N) is 1. The summed E-state index contributed by atoms with van der Waals surface area (Å²) in [6, 6.07) is 5.24. The molecule has 1 atom stereocenters. The number of hydrogen-bond acceptors (Lipinski definition) is 2. The zero-order valence-corrected chi connectivity index (χ0v) is 10.0. The van der Waals surface area contributed by atoms with Gasteiger partial charge in [0.2, 0.25) is 0 Å². The first-order valence-corrected chi connectivity index (χ1v) is 6.04. The summed E-state index contributed by atoms with van der Waals surface area (Å²) in [7, 11) is 0. The number of rotatable bonds is 3. The normalized spacial score (nSPS) is 19.6. The molecule has 0 amide bonds. The van der Waals surface area contributed by atoms with E-state index in [1.54, 1.807) is 12.1 Å². The van der Waals surface area contributed by atoms with Crippen LogP contribution in [0.4, 0.5) is 10.1 Å². The predicted molar refractivity (Wildman–Crippen MR) is 68.1 cm³/mol. The van der Waals surface area contributed by atoms with Gasteiger partial charge in [-0.1, -0.05) is 6.92 Å². The van der Waals surface area contributed by atoms with E-state index in [9.17, 15) is 4.39 Å². The predicted octanol–water partition coefficient (Wildman–Crippen LogP) is 2.49. The number of anilines is 1. The molecule has 0 radical (unpaired) electrons. The summed E-state index contributed by atoms with van der Waals surface area (Å²) in [5.41, 5.74) is 6.42. The van der Waals surface area contributed by atoms with Crippen molar-refractivity contribution in [3.63, 3.8) is 0 Å². The maximum atomic E-state index is 14.0. The van der Waals surface area contributed by atoms with Crippen molar-refractivity contribution < 1.29 is 4.39 Å². The highest BCUT2D eigenvalue weighted by Gasteiger charge is 2.25. The van der Waals surface area contributed by atoms with E-state index in [1.807, 2.05) is 0 Å². The fraction of sp³-hybridized carbons (Fsp3) is 0.462. The topological polar surface area (TPSA) is 53.1 Å². The Bertz CT molecular complexity index is 431. The average molecular weight is 235 g/mol. The van der Waals surface area contributed by atoms with Crippen LogP contribution in [0.15, 0.2) is 18.2 Å². The third-order valence-electron chi connectivity index (χ3n) is 3.42. The summed E-state index contributed by atoms with van der Waals surface area (Å²) < 4.78 is 14.0. The van der Waals surface area contributed by atoms with E-state index < -0.39 is 0 Å². The van der Waals surface area contributed by atoms with Gasteiger partial charge >= 0.3 is 0 Å². The number of nitrogens with one attached hydrogen (secondary N) is 1. The lowest BCUT2D eigenvalue weighted by molar-refractivity contribution is 0.597. The number of halogens is 1. The van der Waals surface area contributed by atoms with Crippen molar-refractivity contribution in [2.75, 3.05) is 11.4 Å². The monoisotopic (exact) mass is 235 g/mol. The fourth-order valence-corrected chi connectivity index (χ4v) is 2.48. The highest BCUT2D eigenvalue weighted by atomic mass is 19.1. The van der Waals surface area contributed by atoms with Crippen LogP contribution in [0.3, 0.4) is 0 Å². The number of hydrogen-bond donors (Lipinski definition) is 2. The molecule has 3 nitrogen and oxygen atoms in total. The quantitative estimate of drug-likeness (QED) is 0.624. The first-order chi connectivity index (χ1) is 8.13. The average Bonchev–Trinajstić information content (AvgIpc) is 2.76. The number of benzene rings is 1. The summed E-state index contributed by atoms with van der Waals surface area (Å²) in [6.45, 7) is 3.04. The molecule has 4 heteroatoms. The third-order valence-corrected chi connectivity index (χ3v) is 3.42. The van der Waals surface area contributed by atoms with Crippen LogP contribution in [0.1, 0.15) is 31.7 Å². The fourth-order valence-electron chi connectivity index (χ4n) is 2.48. The van der Waals surface area contributed by atoms with E-state index in [4.69, 9.17) is 11.1 Å². The van der Waals surface area contributed by atoms with Gasteiger partial charge in [0.25, 0.3) is 0 Å². The van der Waals surface area contributed by atoms with Gasteiger partial charge in [-0.2, -0.15) is 0 Å². The first kappa shape index (κ1) is 11.9. The van der Waals surface area contributed by atoms with E-state index >= 15 is 0 Å². The van der Waals surface area contributed by atoms with Gasteiger partial charge in [0.05, 0.1) is 5.69 Å². The number of amidine groups is 1. The Balaban J connectivity index is 2.30. The molecule has 1 saturated heterocycles. The minimum absolute atomic E-state index is 0.0936. The molecule has 0 aromatic heterocycles. The van der Waals surface area contributed by atoms with Gasteiger partial charge in [-0.05, 0) is 37.5 Å². The second-order valence-corrected chi connectivity index (χ2v) is 4.48. The Morgan fingerprint density at radius 1 is 1.59 bits per heavy atom. The van der Waals surface area contributed by atoms with Crippen LogP contribution in [-0.2, 0) is 0 Å². The molecule has 92 valence electrons. The van der Waals surface area contributed by atoms with Crippen molar-refractivity contribution in [2.45, 2.75) is 32.2 Å². The molecule has 1 fully saturated rings. The van der Waals surface area contributed by atoms with E-state index in [2.05, 4.69) is 11.8 Å². The van der Waals surface area contributed by atoms with Crippen molar-refractivity contribution in [3.8, 4) is 0 Å². The van der Waals surface area contributed by atoms with Crippen LogP contribution in [0.5, 0.6) is 0 Å². The molecule has 3 N–H and O–H groups in total. The highest BCUT2D eigenvalue weighted by molar-refractivity contribution is 5.95. The molecule has 1 aliphatic rings. The number of nitrogen functional groups attached to an aromatic ring is 1. The highest BCUT2D eigenvalue weighted by Crippen LogP contribution is 2.29. The van der Waals surface area contributed by atoms with Crippen molar-refractivity contribution in [2.24, 2.45) is 5.73 Å². The molecule has 0 bridgehead atoms. The second-order valence-electron chi connectivity index (χ2n) is 4.48. The van der Waals surface area contributed by atoms with Gasteiger partial charge in [-0.25, -0.2) is 4.39 Å². The van der Waals surface area contributed by atoms with E-state index in [-0.39, 0.29) is 11.7 Å². The van der Waals surface area contributed by atoms with Crippen LogP contribution in [0, 0.1) is 11.2 Å². The van der Waals surface area contributed by atoms with E-state index in [0.717, 1.165) is 25.8 Å². The summed E-state index contributed by atoms with van der Waals surface area (Å²) in [5.74, 6) is -0.373. The summed E-state index contributed by atoms with van der Waals surface area (Å²) in [5, 5.41) is 7.29. The Kier molecular flexibility index (Phi) is 3.31. The third kappa shape index (κ3) is 2.25. The molecular weight excluding hydrogens is 217 g/mol. The van der Waals surface area contributed by atoms with Crippen molar-refractivity contribution in [1.82, 2.24) is 0 Å². The SMILES string of the molecule is CCC1CCCN1c1ccc(C(=N)N)cc1F. The van der Waals surface area contributed by atoms with Crippen molar-refractivity contribution in [1.29, 1.82) is 5.41 Å². The van der Waals surface area contributed by atoms with Gasteiger partial charge in [0, 0.05) is 18.2 Å². The first-order valence-electron chi connectivity index (χ1n) is 6.04. The zero-order chi connectivity index (χ0) is 12.4. The molecule has 17 heavy (non-hydrogen) atoms. The van der Waals surface area contributed by atoms with E-state index in [0.29, 0.717) is 17.3 Å². The van der Waals surface area contributed by atoms with E-state index in [1.165, 1.54) is 6.07 Å². The maximum Gasteiger partial charge on any atom is 0.147 e. The lowest BCUT2D eigenvalue weighted by Crippen LogP contribution is -2.29. The number of nitrogens with zero attached hydrogens (tertiary/aromatic N) is 1. The smallest absolute Gasteiger partial charge is 0.147 e. The zero-order valence-electron chi connectivity index (χ0n) is 10.0. The van der Waals surface area contributed by atoms with Gasteiger partial charge in [-0.15, -0.1) is 0 Å². The van der Waals surface area contributed by atoms with Crippen molar-refractivity contribution in [3.05, 3.63) is 29.6 Å². The molecule has 0 aliphatic carbocycles. The molecule has 1 heterocycles.